The monoisotopic (exact) mass is 480 g/mol. The minimum atomic E-state index is -3.82. The van der Waals surface area contributed by atoms with Gasteiger partial charge in [0.05, 0.1) is 26.9 Å². The Balaban J connectivity index is 1.59. The van der Waals surface area contributed by atoms with Crippen LogP contribution in [0.25, 0.3) is 0 Å². The van der Waals surface area contributed by atoms with Gasteiger partial charge in [0.1, 0.15) is 17.7 Å². The van der Waals surface area contributed by atoms with Gasteiger partial charge in [0.2, 0.25) is 10.0 Å². The van der Waals surface area contributed by atoms with Crippen LogP contribution >= 0.6 is 34.8 Å². The first kappa shape index (κ1) is 22.1. The van der Waals surface area contributed by atoms with Crippen LogP contribution in [0.5, 0.6) is 5.75 Å². The standard InChI is InChI=1S/C18H16Cl3FN2O4S/c1-29(26,27)23-18(25)12-5-15(21)17(6-16(12)22)28-11-8-24(9-11)7-10-2-3-13(19)14(20)4-10/h2-6,11H,7-9H2,1H3,(H,23,25). The van der Waals surface area contributed by atoms with Crippen LogP contribution in [-0.4, -0.2) is 44.7 Å². The van der Waals surface area contributed by atoms with Crippen LogP contribution in [0.1, 0.15) is 15.9 Å². The SMILES string of the molecule is CS(=O)(=O)NC(=O)c1cc(Cl)c(OC2CN(Cc3ccc(Cl)c(Cl)c3)C2)cc1F. The predicted octanol–water partition coefficient (Wildman–Crippen LogP) is 3.74. The summed E-state index contributed by atoms with van der Waals surface area (Å²) in [5, 5.41) is 0.985. The van der Waals surface area contributed by atoms with Gasteiger partial charge in [-0.2, -0.15) is 0 Å². The molecule has 6 nitrogen and oxygen atoms in total. The number of hydrogen-bond donors (Lipinski definition) is 1. The average Bonchev–Trinajstić information content (AvgIpc) is 2.57. The summed E-state index contributed by atoms with van der Waals surface area (Å²) in [5.74, 6) is -1.95. The van der Waals surface area contributed by atoms with E-state index in [9.17, 15) is 17.6 Å². The summed E-state index contributed by atoms with van der Waals surface area (Å²) in [4.78, 5) is 13.9. The number of carbonyl (C=O) groups excluding carboxylic acids is 1. The molecule has 1 fully saturated rings. The molecule has 156 valence electrons. The lowest BCUT2D eigenvalue weighted by atomic mass is 10.1. The summed E-state index contributed by atoms with van der Waals surface area (Å²) in [7, 11) is -3.82. The molecule has 0 spiro atoms. The largest absolute Gasteiger partial charge is 0.486 e. The Labute approximate surface area is 182 Å². The van der Waals surface area contributed by atoms with Crippen molar-refractivity contribution in [3.05, 3.63) is 62.3 Å². The molecule has 0 bridgehead atoms. The molecule has 0 saturated carbocycles. The van der Waals surface area contributed by atoms with E-state index in [1.54, 1.807) is 16.9 Å². The molecule has 1 N–H and O–H groups in total. The number of nitrogens with zero attached hydrogens (tertiary/aromatic N) is 1. The van der Waals surface area contributed by atoms with Gasteiger partial charge >= 0.3 is 0 Å². The van der Waals surface area contributed by atoms with Crippen molar-refractivity contribution in [1.29, 1.82) is 0 Å². The van der Waals surface area contributed by atoms with Gasteiger partial charge in [-0.3, -0.25) is 9.69 Å². The Morgan fingerprint density at radius 3 is 2.48 bits per heavy atom. The quantitative estimate of drug-likeness (QED) is 0.680. The zero-order valence-electron chi connectivity index (χ0n) is 15.1. The summed E-state index contributed by atoms with van der Waals surface area (Å²) in [6.45, 7) is 1.84. The lowest BCUT2D eigenvalue weighted by molar-refractivity contribution is 0.0145. The highest BCUT2D eigenvalue weighted by Crippen LogP contribution is 2.31. The van der Waals surface area contributed by atoms with Crippen molar-refractivity contribution in [2.75, 3.05) is 19.3 Å². The molecule has 0 aliphatic carbocycles. The van der Waals surface area contributed by atoms with E-state index in [4.69, 9.17) is 39.5 Å². The molecular formula is C18H16Cl3FN2O4S. The van der Waals surface area contributed by atoms with Crippen molar-refractivity contribution in [1.82, 2.24) is 9.62 Å². The summed E-state index contributed by atoms with van der Waals surface area (Å²) in [6.07, 6.45) is 0.591. The van der Waals surface area contributed by atoms with E-state index in [2.05, 4.69) is 4.90 Å². The fourth-order valence-electron chi connectivity index (χ4n) is 2.82. The van der Waals surface area contributed by atoms with Gasteiger partial charge in [-0.05, 0) is 23.8 Å². The van der Waals surface area contributed by atoms with Crippen LogP contribution in [0.3, 0.4) is 0 Å². The molecular weight excluding hydrogens is 466 g/mol. The van der Waals surface area contributed by atoms with Gasteiger partial charge in [0, 0.05) is 25.7 Å². The smallest absolute Gasteiger partial charge is 0.267 e. The van der Waals surface area contributed by atoms with Crippen molar-refractivity contribution in [3.8, 4) is 5.75 Å². The lowest BCUT2D eigenvalue weighted by Gasteiger charge is -2.39. The number of nitrogens with one attached hydrogen (secondary N) is 1. The summed E-state index contributed by atoms with van der Waals surface area (Å²) >= 11 is 18.0. The average molecular weight is 482 g/mol. The molecule has 1 heterocycles. The topological polar surface area (TPSA) is 75.7 Å². The lowest BCUT2D eigenvalue weighted by Crippen LogP contribution is -2.53. The van der Waals surface area contributed by atoms with E-state index >= 15 is 0 Å². The van der Waals surface area contributed by atoms with Crippen LogP contribution < -0.4 is 9.46 Å². The second-order valence-corrected chi connectivity index (χ2v) is 9.62. The van der Waals surface area contributed by atoms with Crippen molar-refractivity contribution in [3.63, 3.8) is 0 Å². The zero-order chi connectivity index (χ0) is 21.3. The van der Waals surface area contributed by atoms with Crippen molar-refractivity contribution >= 4 is 50.7 Å². The van der Waals surface area contributed by atoms with Crippen LogP contribution in [0.2, 0.25) is 15.1 Å². The van der Waals surface area contributed by atoms with Crippen molar-refractivity contribution in [2.24, 2.45) is 0 Å². The summed E-state index contributed by atoms with van der Waals surface area (Å²) < 4.78 is 43.9. The van der Waals surface area contributed by atoms with Gasteiger partial charge in [-0.1, -0.05) is 40.9 Å². The molecule has 1 aliphatic heterocycles. The normalized spacial score (nSPS) is 15.1. The molecule has 2 aromatic carbocycles. The van der Waals surface area contributed by atoms with E-state index < -0.39 is 27.3 Å². The number of sulfonamides is 1. The summed E-state index contributed by atoms with van der Waals surface area (Å²) in [5.41, 5.74) is 0.519. The second kappa shape index (κ2) is 8.65. The number of carbonyl (C=O) groups is 1. The third-order valence-corrected chi connectivity index (χ3v) is 5.74. The number of hydrogen-bond acceptors (Lipinski definition) is 5. The van der Waals surface area contributed by atoms with Gasteiger partial charge in [-0.15, -0.1) is 0 Å². The van der Waals surface area contributed by atoms with Gasteiger partial charge in [-0.25, -0.2) is 17.5 Å². The van der Waals surface area contributed by atoms with Crippen molar-refractivity contribution < 1.29 is 22.3 Å². The highest BCUT2D eigenvalue weighted by atomic mass is 35.5. The molecule has 0 atom stereocenters. The Bertz CT molecular complexity index is 1060. The van der Waals surface area contributed by atoms with Gasteiger partial charge in [0.15, 0.2) is 0 Å². The van der Waals surface area contributed by atoms with Crippen LogP contribution in [0.4, 0.5) is 4.39 Å². The minimum absolute atomic E-state index is 0.00739. The maximum Gasteiger partial charge on any atom is 0.267 e. The number of ether oxygens (including phenoxy) is 1. The molecule has 11 heteroatoms. The molecule has 1 amide bonds. The molecule has 29 heavy (non-hydrogen) atoms. The fraction of sp³-hybridized carbons (Fsp3) is 0.278. The Morgan fingerprint density at radius 2 is 1.86 bits per heavy atom. The molecule has 1 saturated heterocycles. The number of benzene rings is 2. The summed E-state index contributed by atoms with van der Waals surface area (Å²) in [6, 6.07) is 7.43. The Hall–Kier alpha value is -1.58. The van der Waals surface area contributed by atoms with Gasteiger partial charge in [0.25, 0.3) is 5.91 Å². The predicted molar refractivity (Wildman–Crippen MR) is 110 cm³/mol. The highest BCUT2D eigenvalue weighted by Gasteiger charge is 2.29. The molecule has 0 aromatic heterocycles. The molecule has 2 aromatic rings. The van der Waals surface area contributed by atoms with E-state index in [1.165, 1.54) is 0 Å². The Kier molecular flexibility index (Phi) is 6.60. The van der Waals surface area contributed by atoms with E-state index in [-0.39, 0.29) is 16.9 Å². The fourth-order valence-corrected chi connectivity index (χ4v) is 3.79. The first-order valence-corrected chi connectivity index (χ1v) is 11.4. The van der Waals surface area contributed by atoms with E-state index in [1.807, 2.05) is 6.07 Å². The maximum absolute atomic E-state index is 14.2. The second-order valence-electron chi connectivity index (χ2n) is 6.65. The number of rotatable bonds is 6. The Morgan fingerprint density at radius 1 is 1.17 bits per heavy atom. The number of likely N-dealkylation sites (tertiary alicyclic amines) is 1. The molecule has 3 rings (SSSR count). The molecule has 1 aliphatic rings. The highest BCUT2D eigenvalue weighted by molar-refractivity contribution is 7.89. The third-order valence-electron chi connectivity index (χ3n) is 4.15. The van der Waals surface area contributed by atoms with Crippen LogP contribution in [0, 0.1) is 5.82 Å². The van der Waals surface area contributed by atoms with Crippen LogP contribution in [-0.2, 0) is 16.6 Å². The number of amides is 1. The first-order chi connectivity index (χ1) is 13.5. The van der Waals surface area contributed by atoms with Gasteiger partial charge < -0.3 is 4.74 Å². The minimum Gasteiger partial charge on any atom is -0.486 e. The van der Waals surface area contributed by atoms with Crippen LogP contribution in [0.15, 0.2) is 30.3 Å². The van der Waals surface area contributed by atoms with E-state index in [0.717, 1.165) is 24.0 Å². The zero-order valence-corrected chi connectivity index (χ0v) is 18.2. The third kappa shape index (κ3) is 5.73. The van der Waals surface area contributed by atoms with E-state index in [0.29, 0.717) is 29.7 Å². The number of halogens is 4. The van der Waals surface area contributed by atoms with Crippen molar-refractivity contribution in [2.45, 2.75) is 12.6 Å². The first-order valence-electron chi connectivity index (χ1n) is 8.36. The maximum atomic E-state index is 14.2. The molecule has 0 unspecified atom stereocenters. The molecule has 0 radical (unpaired) electrons.